The fraction of sp³-hybridized carbons (Fsp3) is 0.500. The van der Waals surface area contributed by atoms with Gasteiger partial charge in [0.15, 0.2) is 6.61 Å². The number of benzene rings is 1. The zero-order chi connectivity index (χ0) is 17.5. The first-order valence-corrected chi connectivity index (χ1v) is 9.61. The molecule has 0 radical (unpaired) electrons. The minimum absolute atomic E-state index is 0.0352. The van der Waals surface area contributed by atoms with E-state index in [0.717, 1.165) is 31.1 Å². The number of likely N-dealkylation sites (tertiary alicyclic amines) is 1. The summed E-state index contributed by atoms with van der Waals surface area (Å²) in [6, 6.07) is 7.78. The summed E-state index contributed by atoms with van der Waals surface area (Å²) in [7, 11) is 0. The monoisotopic (exact) mass is 360 g/mol. The summed E-state index contributed by atoms with van der Waals surface area (Å²) in [6.07, 6.45) is 4.80. The molecular weight excluding hydrogens is 336 g/mol. The number of hydrogen-bond acceptors (Lipinski definition) is 6. The Kier molecular flexibility index (Phi) is 6.36. The molecule has 1 aromatic carbocycles. The molecule has 1 aliphatic rings. The van der Waals surface area contributed by atoms with Gasteiger partial charge in [-0.1, -0.05) is 36.8 Å². The third kappa shape index (κ3) is 5.51. The van der Waals surface area contributed by atoms with Gasteiger partial charge in [-0.2, -0.15) is 0 Å². The van der Waals surface area contributed by atoms with Crippen LogP contribution in [-0.2, 0) is 17.8 Å². The van der Waals surface area contributed by atoms with Crippen LogP contribution in [0.2, 0.25) is 0 Å². The van der Waals surface area contributed by atoms with Crippen molar-refractivity contribution in [3.05, 3.63) is 34.8 Å². The van der Waals surface area contributed by atoms with Crippen LogP contribution in [0.4, 0.5) is 5.13 Å². The van der Waals surface area contributed by atoms with Gasteiger partial charge in [0, 0.05) is 0 Å². The number of amides is 1. The van der Waals surface area contributed by atoms with Crippen molar-refractivity contribution in [1.82, 2.24) is 15.1 Å². The van der Waals surface area contributed by atoms with E-state index in [4.69, 9.17) is 4.74 Å². The first-order valence-electron chi connectivity index (χ1n) is 8.79. The molecule has 134 valence electrons. The van der Waals surface area contributed by atoms with Crippen molar-refractivity contribution < 1.29 is 9.53 Å². The number of ether oxygens (including phenoxy) is 1. The third-order valence-electron chi connectivity index (χ3n) is 4.22. The van der Waals surface area contributed by atoms with E-state index >= 15 is 0 Å². The molecule has 0 saturated carbocycles. The first kappa shape index (κ1) is 17.8. The molecule has 1 N–H and O–H groups in total. The van der Waals surface area contributed by atoms with Crippen LogP contribution in [0, 0.1) is 0 Å². The van der Waals surface area contributed by atoms with E-state index in [9.17, 15) is 4.79 Å². The highest BCUT2D eigenvalue weighted by Crippen LogP contribution is 2.19. The molecule has 0 spiro atoms. The van der Waals surface area contributed by atoms with Gasteiger partial charge in [0.05, 0.1) is 6.54 Å². The molecule has 2 heterocycles. The Morgan fingerprint density at radius 1 is 1.20 bits per heavy atom. The normalized spacial score (nSPS) is 15.1. The number of hydrogen-bond donors (Lipinski definition) is 1. The second-order valence-electron chi connectivity index (χ2n) is 6.17. The van der Waals surface area contributed by atoms with Crippen LogP contribution >= 0.6 is 11.3 Å². The van der Waals surface area contributed by atoms with Gasteiger partial charge in [0.2, 0.25) is 5.13 Å². The average molecular weight is 360 g/mol. The summed E-state index contributed by atoms with van der Waals surface area (Å²) < 4.78 is 5.50. The number of carbonyl (C=O) groups excluding carboxylic acids is 1. The maximum Gasteiger partial charge on any atom is 0.264 e. The second-order valence-corrected chi connectivity index (χ2v) is 7.23. The summed E-state index contributed by atoms with van der Waals surface area (Å²) in [5.41, 5.74) is 1.24. The standard InChI is InChI=1S/C18H24N4O2S/c1-2-14-6-8-15(9-7-14)24-13-16(23)19-18-21-20-17(25-18)12-22-10-4-3-5-11-22/h6-9H,2-5,10-13H2,1H3,(H,19,21,23). The number of piperidine rings is 1. The molecule has 0 atom stereocenters. The molecule has 0 aliphatic carbocycles. The van der Waals surface area contributed by atoms with Crippen molar-refractivity contribution in [1.29, 1.82) is 0 Å². The van der Waals surface area contributed by atoms with Gasteiger partial charge in [-0.15, -0.1) is 10.2 Å². The number of aromatic nitrogens is 2. The van der Waals surface area contributed by atoms with E-state index in [2.05, 4.69) is 27.3 Å². The number of rotatable bonds is 7. The lowest BCUT2D eigenvalue weighted by molar-refractivity contribution is -0.118. The molecule has 1 fully saturated rings. The maximum absolute atomic E-state index is 12.0. The minimum atomic E-state index is -0.222. The molecule has 6 nitrogen and oxygen atoms in total. The lowest BCUT2D eigenvalue weighted by atomic mass is 10.1. The third-order valence-corrected chi connectivity index (χ3v) is 5.05. The molecule has 2 aromatic rings. The number of nitrogens with zero attached hydrogens (tertiary/aromatic N) is 3. The lowest BCUT2D eigenvalue weighted by Crippen LogP contribution is -2.28. The number of anilines is 1. The number of aryl methyl sites for hydroxylation is 1. The highest BCUT2D eigenvalue weighted by atomic mass is 32.1. The molecule has 0 bridgehead atoms. The fourth-order valence-electron chi connectivity index (χ4n) is 2.80. The summed E-state index contributed by atoms with van der Waals surface area (Å²) in [5.74, 6) is 0.468. The molecule has 1 saturated heterocycles. The van der Waals surface area contributed by atoms with E-state index in [1.54, 1.807) is 0 Å². The van der Waals surface area contributed by atoms with Gasteiger partial charge in [0.1, 0.15) is 10.8 Å². The smallest absolute Gasteiger partial charge is 0.264 e. The Balaban J connectivity index is 1.44. The van der Waals surface area contributed by atoms with Gasteiger partial charge in [0.25, 0.3) is 5.91 Å². The van der Waals surface area contributed by atoms with Gasteiger partial charge in [-0.25, -0.2) is 0 Å². The van der Waals surface area contributed by atoms with Crippen LogP contribution in [-0.4, -0.2) is 40.7 Å². The van der Waals surface area contributed by atoms with Crippen molar-refractivity contribution in [2.24, 2.45) is 0 Å². The molecule has 25 heavy (non-hydrogen) atoms. The van der Waals surface area contributed by atoms with E-state index < -0.39 is 0 Å². The molecule has 3 rings (SSSR count). The molecule has 1 amide bonds. The van der Waals surface area contributed by atoms with Gasteiger partial charge >= 0.3 is 0 Å². The van der Waals surface area contributed by atoms with Crippen LogP contribution in [0.25, 0.3) is 0 Å². The van der Waals surface area contributed by atoms with Crippen LogP contribution in [0.15, 0.2) is 24.3 Å². The molecule has 1 aromatic heterocycles. The van der Waals surface area contributed by atoms with E-state index in [-0.39, 0.29) is 12.5 Å². The highest BCUT2D eigenvalue weighted by molar-refractivity contribution is 7.15. The molecule has 0 unspecified atom stereocenters. The quantitative estimate of drug-likeness (QED) is 0.822. The Morgan fingerprint density at radius 2 is 1.96 bits per heavy atom. The Hall–Kier alpha value is -1.99. The van der Waals surface area contributed by atoms with E-state index in [1.807, 2.05) is 24.3 Å². The van der Waals surface area contributed by atoms with Gasteiger partial charge in [-0.3, -0.25) is 15.0 Å². The van der Waals surface area contributed by atoms with Crippen molar-refractivity contribution in [3.8, 4) is 5.75 Å². The largest absolute Gasteiger partial charge is 0.484 e. The van der Waals surface area contributed by atoms with Crippen LogP contribution in [0.1, 0.15) is 36.8 Å². The summed E-state index contributed by atoms with van der Waals surface area (Å²) in [5, 5.41) is 12.4. The minimum Gasteiger partial charge on any atom is -0.484 e. The topological polar surface area (TPSA) is 67.3 Å². The first-order chi connectivity index (χ1) is 12.2. The van der Waals surface area contributed by atoms with Crippen molar-refractivity contribution in [3.63, 3.8) is 0 Å². The van der Waals surface area contributed by atoms with Crippen molar-refractivity contribution >= 4 is 22.4 Å². The van der Waals surface area contributed by atoms with Gasteiger partial charge in [-0.05, 0) is 50.0 Å². The van der Waals surface area contributed by atoms with Crippen LogP contribution in [0.3, 0.4) is 0 Å². The SMILES string of the molecule is CCc1ccc(OCC(=O)Nc2nnc(CN3CCCCC3)s2)cc1. The predicted molar refractivity (Wildman–Crippen MR) is 99.0 cm³/mol. The van der Waals surface area contributed by atoms with Gasteiger partial charge < -0.3 is 4.74 Å². The van der Waals surface area contributed by atoms with Crippen LogP contribution in [0.5, 0.6) is 5.75 Å². The summed E-state index contributed by atoms with van der Waals surface area (Å²) >= 11 is 1.43. The average Bonchev–Trinajstić information content (AvgIpc) is 3.08. The Bertz CT molecular complexity index is 681. The zero-order valence-corrected chi connectivity index (χ0v) is 15.3. The fourth-order valence-corrected chi connectivity index (χ4v) is 3.60. The lowest BCUT2D eigenvalue weighted by Gasteiger charge is -2.24. The Morgan fingerprint density at radius 3 is 2.68 bits per heavy atom. The molecular formula is C18H24N4O2S. The van der Waals surface area contributed by atoms with E-state index in [0.29, 0.717) is 10.9 Å². The van der Waals surface area contributed by atoms with E-state index in [1.165, 1.54) is 36.2 Å². The second kappa shape index (κ2) is 8.92. The zero-order valence-electron chi connectivity index (χ0n) is 14.5. The summed E-state index contributed by atoms with van der Waals surface area (Å²) in [6.45, 7) is 5.11. The number of carbonyl (C=O) groups is 1. The van der Waals surface area contributed by atoms with Crippen molar-refractivity contribution in [2.75, 3.05) is 25.0 Å². The highest BCUT2D eigenvalue weighted by Gasteiger charge is 2.14. The maximum atomic E-state index is 12.0. The van der Waals surface area contributed by atoms with Crippen LogP contribution < -0.4 is 10.1 Å². The Labute approximate surface area is 152 Å². The number of nitrogens with one attached hydrogen (secondary N) is 1. The predicted octanol–water partition coefficient (Wildman–Crippen LogP) is 3.10. The van der Waals surface area contributed by atoms with Crippen molar-refractivity contribution in [2.45, 2.75) is 39.2 Å². The molecule has 1 aliphatic heterocycles. The summed E-state index contributed by atoms with van der Waals surface area (Å²) in [4.78, 5) is 14.4. The molecule has 7 heteroatoms.